The van der Waals surface area contributed by atoms with E-state index in [-0.39, 0.29) is 23.7 Å². The van der Waals surface area contributed by atoms with Crippen molar-refractivity contribution in [3.05, 3.63) is 125 Å². The molecular formula is C37H32F2N6O3S. The average molecular weight is 679 g/mol. The Hall–Kier alpha value is -5.49. The van der Waals surface area contributed by atoms with Gasteiger partial charge in [0, 0.05) is 41.5 Å². The largest absolute Gasteiger partial charge is 0.455 e. The first-order chi connectivity index (χ1) is 23.5. The molecule has 9 nitrogen and oxygen atoms in total. The fourth-order valence-electron chi connectivity index (χ4n) is 5.85. The Labute approximate surface area is 285 Å². The maximum atomic E-state index is 14.3. The van der Waals surface area contributed by atoms with Crippen molar-refractivity contribution in [2.24, 2.45) is 0 Å². The first-order valence-electron chi connectivity index (χ1n) is 15.7. The zero-order valence-electron chi connectivity index (χ0n) is 27.0. The molecule has 49 heavy (non-hydrogen) atoms. The first kappa shape index (κ1) is 32.1. The van der Waals surface area contributed by atoms with Gasteiger partial charge in [0.2, 0.25) is 0 Å². The third-order valence-electron chi connectivity index (χ3n) is 8.11. The van der Waals surface area contributed by atoms with Crippen LogP contribution in [0.4, 0.5) is 19.7 Å². The van der Waals surface area contributed by atoms with Gasteiger partial charge in [-0.1, -0.05) is 35.6 Å². The number of carbonyl (C=O) groups is 2. The number of benzene rings is 3. The number of rotatable bonds is 7. The molecule has 1 amide bonds. The van der Waals surface area contributed by atoms with E-state index in [0.29, 0.717) is 47.2 Å². The molecule has 0 saturated carbocycles. The van der Waals surface area contributed by atoms with Gasteiger partial charge in [0.05, 0.1) is 23.0 Å². The number of pyridine rings is 1. The molecule has 6 aromatic rings. The lowest BCUT2D eigenvalue weighted by Crippen LogP contribution is -2.33. The third-order valence-corrected chi connectivity index (χ3v) is 9.07. The number of nitrogens with zero attached hydrogens (tertiary/aromatic N) is 5. The number of anilines is 2. The molecule has 1 N–H and O–H groups in total. The van der Waals surface area contributed by atoms with Gasteiger partial charge >= 0.3 is 5.97 Å². The summed E-state index contributed by atoms with van der Waals surface area (Å²) in [4.78, 5) is 38.5. The summed E-state index contributed by atoms with van der Waals surface area (Å²) in [5.74, 6) is -1.39. The predicted molar refractivity (Wildman–Crippen MR) is 185 cm³/mol. The van der Waals surface area contributed by atoms with Gasteiger partial charge in [-0.05, 0) is 86.8 Å². The van der Waals surface area contributed by atoms with Gasteiger partial charge in [-0.3, -0.25) is 14.8 Å². The minimum absolute atomic E-state index is 0.00105. The monoisotopic (exact) mass is 678 g/mol. The quantitative estimate of drug-likeness (QED) is 0.173. The molecule has 0 fully saturated rings. The molecule has 1 aliphatic rings. The number of ether oxygens (including phenoxy) is 1. The van der Waals surface area contributed by atoms with Crippen molar-refractivity contribution < 1.29 is 23.1 Å². The highest BCUT2D eigenvalue weighted by atomic mass is 32.1. The minimum atomic E-state index is -0.777. The Bertz CT molecular complexity index is 2190. The van der Waals surface area contributed by atoms with Gasteiger partial charge in [0.15, 0.2) is 10.8 Å². The van der Waals surface area contributed by atoms with E-state index in [1.54, 1.807) is 45.3 Å². The molecule has 0 saturated heterocycles. The number of nitrogens with one attached hydrogen (secondary N) is 1. The summed E-state index contributed by atoms with van der Waals surface area (Å²) in [7, 11) is 0. The van der Waals surface area contributed by atoms with Crippen molar-refractivity contribution in [3.63, 3.8) is 0 Å². The van der Waals surface area contributed by atoms with E-state index < -0.39 is 23.2 Å². The van der Waals surface area contributed by atoms with Crippen LogP contribution < -0.4 is 10.2 Å². The maximum absolute atomic E-state index is 14.3. The normalized spacial score (nSPS) is 13.0. The second-order valence-corrected chi connectivity index (χ2v) is 13.8. The summed E-state index contributed by atoms with van der Waals surface area (Å²) in [6.45, 7) is 6.36. The molecule has 1 aliphatic heterocycles. The molecule has 0 spiro atoms. The van der Waals surface area contributed by atoms with Gasteiger partial charge in [-0.2, -0.15) is 5.10 Å². The Kier molecular flexibility index (Phi) is 8.41. The molecule has 3 aromatic carbocycles. The molecular weight excluding hydrogens is 647 g/mol. The lowest BCUT2D eigenvalue weighted by atomic mass is 9.94. The summed E-state index contributed by atoms with van der Waals surface area (Å²) in [5.41, 5.74) is 3.83. The van der Waals surface area contributed by atoms with Crippen molar-refractivity contribution in [2.45, 2.75) is 45.9 Å². The van der Waals surface area contributed by atoms with Gasteiger partial charge in [0.25, 0.3) is 5.91 Å². The molecule has 0 aliphatic carbocycles. The average Bonchev–Trinajstić information content (AvgIpc) is 3.71. The van der Waals surface area contributed by atoms with E-state index in [0.717, 1.165) is 39.5 Å². The SMILES string of the molecule is CC(C)(C)OC(=O)c1nc(N2CCc3cccc(C(=O)Nc4nc5ccccc5s4)c3C2)ccc1-c1cnn(Cc2cc(F)ccc2F)c1. The Morgan fingerprint density at radius 1 is 1.00 bits per heavy atom. The first-order valence-corrected chi connectivity index (χ1v) is 16.6. The Balaban J connectivity index is 1.18. The van der Waals surface area contributed by atoms with E-state index in [2.05, 4.69) is 15.4 Å². The third kappa shape index (κ3) is 6.91. The zero-order valence-corrected chi connectivity index (χ0v) is 27.9. The molecule has 248 valence electrons. The van der Waals surface area contributed by atoms with Crippen LogP contribution in [0.25, 0.3) is 21.3 Å². The van der Waals surface area contributed by atoms with E-state index in [4.69, 9.17) is 9.72 Å². The number of aromatic nitrogens is 4. The molecule has 4 heterocycles. The van der Waals surface area contributed by atoms with Crippen LogP contribution in [0, 0.1) is 11.6 Å². The van der Waals surface area contributed by atoms with Gasteiger partial charge in [-0.25, -0.2) is 23.5 Å². The number of thiazole rings is 1. The number of para-hydroxylation sites is 1. The van der Waals surface area contributed by atoms with Gasteiger partial charge < -0.3 is 9.64 Å². The van der Waals surface area contributed by atoms with Crippen LogP contribution in [0.2, 0.25) is 0 Å². The molecule has 12 heteroatoms. The van der Waals surface area contributed by atoms with Crippen molar-refractivity contribution in [2.75, 3.05) is 16.8 Å². The molecule has 7 rings (SSSR count). The number of esters is 1. The number of amides is 1. The standard InChI is InChI=1S/C37H32F2N6O3S/c1-37(2,3)48-35(47)33-26(24-18-40-45(20-24)19-23-17-25(38)11-13-29(23)39)12-14-32(42-33)44-16-15-22-7-6-8-27(28(22)21-44)34(46)43-36-41-30-9-4-5-10-31(30)49-36/h4-14,17-18,20H,15-16,19,21H2,1-3H3,(H,41,43,46). The van der Waals surface area contributed by atoms with Crippen molar-refractivity contribution in [3.8, 4) is 11.1 Å². The lowest BCUT2D eigenvalue weighted by molar-refractivity contribution is 0.00638. The Morgan fingerprint density at radius 2 is 1.84 bits per heavy atom. The maximum Gasteiger partial charge on any atom is 0.358 e. The van der Waals surface area contributed by atoms with E-state index >= 15 is 0 Å². The smallest absolute Gasteiger partial charge is 0.358 e. The summed E-state index contributed by atoms with van der Waals surface area (Å²) in [5, 5.41) is 7.84. The van der Waals surface area contributed by atoms with E-state index in [1.807, 2.05) is 47.4 Å². The van der Waals surface area contributed by atoms with Crippen LogP contribution in [0.15, 0.2) is 85.2 Å². The number of carbonyl (C=O) groups excluding carboxylic acids is 2. The Morgan fingerprint density at radius 3 is 2.65 bits per heavy atom. The highest BCUT2D eigenvalue weighted by Crippen LogP contribution is 2.32. The highest BCUT2D eigenvalue weighted by molar-refractivity contribution is 7.22. The predicted octanol–water partition coefficient (Wildman–Crippen LogP) is 7.65. The van der Waals surface area contributed by atoms with Gasteiger partial charge in [-0.15, -0.1) is 0 Å². The summed E-state index contributed by atoms with van der Waals surface area (Å²) < 4.78 is 36.3. The number of halogens is 2. The topological polar surface area (TPSA) is 102 Å². The minimum Gasteiger partial charge on any atom is -0.455 e. The number of hydrogen-bond donors (Lipinski definition) is 1. The van der Waals surface area contributed by atoms with E-state index in [9.17, 15) is 18.4 Å². The van der Waals surface area contributed by atoms with Crippen molar-refractivity contribution in [1.82, 2.24) is 19.7 Å². The van der Waals surface area contributed by atoms with Crippen LogP contribution in [0.5, 0.6) is 0 Å². The molecule has 0 unspecified atom stereocenters. The highest BCUT2D eigenvalue weighted by Gasteiger charge is 2.27. The summed E-state index contributed by atoms with van der Waals surface area (Å²) in [6, 6.07) is 20.3. The molecule has 3 aromatic heterocycles. The van der Waals surface area contributed by atoms with Crippen LogP contribution in [-0.4, -0.2) is 43.8 Å². The second-order valence-electron chi connectivity index (χ2n) is 12.8. The van der Waals surface area contributed by atoms with Crippen LogP contribution in [-0.2, 0) is 24.2 Å². The van der Waals surface area contributed by atoms with E-state index in [1.165, 1.54) is 16.0 Å². The van der Waals surface area contributed by atoms with Gasteiger partial charge in [0.1, 0.15) is 23.1 Å². The zero-order chi connectivity index (χ0) is 34.3. The van der Waals surface area contributed by atoms with Crippen molar-refractivity contribution in [1.29, 1.82) is 0 Å². The van der Waals surface area contributed by atoms with Crippen LogP contribution >= 0.6 is 11.3 Å². The van der Waals surface area contributed by atoms with Crippen LogP contribution in [0.3, 0.4) is 0 Å². The number of fused-ring (bicyclic) bond motifs is 2. The second kappa shape index (κ2) is 12.8. The molecule has 0 atom stereocenters. The van der Waals surface area contributed by atoms with Crippen molar-refractivity contribution >= 4 is 44.4 Å². The molecule has 0 bridgehead atoms. The fourth-order valence-corrected chi connectivity index (χ4v) is 6.71. The molecule has 0 radical (unpaired) electrons. The lowest BCUT2D eigenvalue weighted by Gasteiger charge is -2.31. The summed E-state index contributed by atoms with van der Waals surface area (Å²) in [6.07, 6.45) is 3.88. The summed E-state index contributed by atoms with van der Waals surface area (Å²) >= 11 is 1.42. The van der Waals surface area contributed by atoms with Crippen LogP contribution in [0.1, 0.15) is 58.3 Å². The fraction of sp³-hybridized carbons (Fsp3) is 0.216. The number of hydrogen-bond acceptors (Lipinski definition) is 8.